The number of aliphatic imine (C=N–C) groups is 1. The lowest BCUT2D eigenvalue weighted by Gasteiger charge is -2.23. The summed E-state index contributed by atoms with van der Waals surface area (Å²) in [5.74, 6) is 0.281. The molecule has 2 aliphatic rings. The second kappa shape index (κ2) is 7.28. The molecule has 5 rings (SSSR count). The number of benzene rings is 3. The molecule has 0 atom stereocenters. The molecule has 0 bridgehead atoms. The Balaban J connectivity index is 1.63. The van der Waals surface area contributed by atoms with E-state index in [0.29, 0.717) is 18.1 Å². The minimum absolute atomic E-state index is 0.247. The molecule has 3 aromatic carbocycles. The maximum Gasteiger partial charge on any atom is 0.217 e. The Morgan fingerprint density at radius 3 is 2.50 bits per heavy atom. The van der Waals surface area contributed by atoms with Gasteiger partial charge in [-0.1, -0.05) is 54.6 Å². The van der Waals surface area contributed by atoms with Crippen LogP contribution in [0.1, 0.15) is 30.5 Å². The minimum atomic E-state index is -0.295. The van der Waals surface area contributed by atoms with E-state index < -0.39 is 0 Å². The highest BCUT2D eigenvalue weighted by Gasteiger charge is 2.31. The summed E-state index contributed by atoms with van der Waals surface area (Å²) in [6.07, 6.45) is 0.963. The fourth-order valence-electron chi connectivity index (χ4n) is 4.40. The zero-order valence-electron chi connectivity index (χ0n) is 17.4. The molecule has 0 aromatic heterocycles. The summed E-state index contributed by atoms with van der Waals surface area (Å²) >= 11 is 0. The summed E-state index contributed by atoms with van der Waals surface area (Å²) in [4.78, 5) is 7.07. The van der Waals surface area contributed by atoms with Crippen molar-refractivity contribution in [2.75, 3.05) is 18.1 Å². The SMILES string of the molecule is CC1(C)COC(c2cccc(F)c2-c2cccc3c2N(Cc2ccccc2)CC3)=N1. The van der Waals surface area contributed by atoms with E-state index in [1.165, 1.54) is 17.2 Å². The first kappa shape index (κ1) is 18.9. The monoisotopic (exact) mass is 400 g/mol. The van der Waals surface area contributed by atoms with Crippen LogP contribution in [0.2, 0.25) is 0 Å². The van der Waals surface area contributed by atoms with E-state index in [9.17, 15) is 0 Å². The van der Waals surface area contributed by atoms with Crippen LogP contribution in [-0.4, -0.2) is 24.6 Å². The highest BCUT2D eigenvalue weighted by atomic mass is 19.1. The molecule has 3 nitrogen and oxygen atoms in total. The van der Waals surface area contributed by atoms with Crippen LogP contribution in [-0.2, 0) is 17.7 Å². The highest BCUT2D eigenvalue weighted by molar-refractivity contribution is 6.03. The van der Waals surface area contributed by atoms with Gasteiger partial charge in [0.25, 0.3) is 0 Å². The van der Waals surface area contributed by atoms with Gasteiger partial charge >= 0.3 is 0 Å². The minimum Gasteiger partial charge on any atom is -0.475 e. The van der Waals surface area contributed by atoms with Gasteiger partial charge in [-0.15, -0.1) is 0 Å². The van der Waals surface area contributed by atoms with E-state index in [1.54, 1.807) is 6.07 Å². The quantitative estimate of drug-likeness (QED) is 0.569. The van der Waals surface area contributed by atoms with Crippen molar-refractivity contribution in [3.8, 4) is 11.1 Å². The van der Waals surface area contributed by atoms with Gasteiger partial charge in [-0.3, -0.25) is 0 Å². The van der Waals surface area contributed by atoms with Crippen molar-refractivity contribution in [3.63, 3.8) is 0 Å². The van der Waals surface area contributed by atoms with Gasteiger partial charge in [0, 0.05) is 35.5 Å². The predicted octanol–water partition coefficient (Wildman–Crippen LogP) is 5.61. The normalized spacial score (nSPS) is 16.9. The lowest BCUT2D eigenvalue weighted by Crippen LogP contribution is -2.20. The Labute approximate surface area is 176 Å². The fraction of sp³-hybridized carbons (Fsp3) is 0.269. The summed E-state index contributed by atoms with van der Waals surface area (Å²) in [7, 11) is 0. The first-order chi connectivity index (χ1) is 14.5. The summed E-state index contributed by atoms with van der Waals surface area (Å²) in [6, 6.07) is 21.8. The number of ether oxygens (including phenoxy) is 1. The van der Waals surface area contributed by atoms with Gasteiger partial charge in [0.05, 0.1) is 5.54 Å². The first-order valence-corrected chi connectivity index (χ1v) is 10.4. The maximum atomic E-state index is 15.3. The molecule has 0 aliphatic carbocycles. The van der Waals surface area contributed by atoms with Crippen LogP contribution in [0.3, 0.4) is 0 Å². The average molecular weight is 400 g/mol. The Morgan fingerprint density at radius 1 is 0.967 bits per heavy atom. The predicted molar refractivity (Wildman–Crippen MR) is 120 cm³/mol. The Kier molecular flexibility index (Phi) is 4.58. The zero-order chi connectivity index (χ0) is 20.7. The lowest BCUT2D eigenvalue weighted by molar-refractivity contribution is 0.279. The van der Waals surface area contributed by atoms with E-state index in [1.807, 2.05) is 38.1 Å². The van der Waals surface area contributed by atoms with Crippen molar-refractivity contribution in [1.82, 2.24) is 0 Å². The second-order valence-electron chi connectivity index (χ2n) is 8.65. The van der Waals surface area contributed by atoms with Crippen molar-refractivity contribution >= 4 is 11.6 Å². The molecular weight excluding hydrogens is 375 g/mol. The number of nitrogens with zero attached hydrogens (tertiary/aromatic N) is 2. The van der Waals surface area contributed by atoms with Crippen LogP contribution in [0.15, 0.2) is 71.7 Å². The van der Waals surface area contributed by atoms with E-state index in [-0.39, 0.29) is 11.4 Å². The largest absolute Gasteiger partial charge is 0.475 e. The number of hydrogen-bond donors (Lipinski definition) is 0. The first-order valence-electron chi connectivity index (χ1n) is 10.4. The van der Waals surface area contributed by atoms with Gasteiger partial charge in [0.1, 0.15) is 12.4 Å². The molecule has 4 heteroatoms. The van der Waals surface area contributed by atoms with Crippen LogP contribution in [0.4, 0.5) is 10.1 Å². The lowest BCUT2D eigenvalue weighted by atomic mass is 9.95. The third-order valence-electron chi connectivity index (χ3n) is 5.78. The van der Waals surface area contributed by atoms with Gasteiger partial charge in [0.15, 0.2) is 0 Å². The van der Waals surface area contributed by atoms with Gasteiger partial charge in [-0.25, -0.2) is 9.38 Å². The molecule has 2 heterocycles. The number of rotatable bonds is 4. The van der Waals surface area contributed by atoms with E-state index in [2.05, 4.69) is 35.2 Å². The molecule has 152 valence electrons. The molecule has 30 heavy (non-hydrogen) atoms. The molecule has 0 N–H and O–H groups in total. The molecule has 3 aromatic rings. The number of anilines is 1. The molecular formula is C26H25FN2O. The Morgan fingerprint density at radius 2 is 1.73 bits per heavy atom. The highest BCUT2D eigenvalue weighted by Crippen LogP contribution is 2.42. The summed E-state index contributed by atoms with van der Waals surface area (Å²) in [5.41, 5.74) is 5.53. The van der Waals surface area contributed by atoms with E-state index >= 15 is 4.39 Å². The smallest absolute Gasteiger partial charge is 0.217 e. The molecule has 0 saturated carbocycles. The van der Waals surface area contributed by atoms with Gasteiger partial charge < -0.3 is 9.64 Å². The third kappa shape index (κ3) is 3.36. The van der Waals surface area contributed by atoms with Gasteiger partial charge in [-0.05, 0) is 43.5 Å². The number of hydrogen-bond acceptors (Lipinski definition) is 3. The van der Waals surface area contributed by atoms with Crippen LogP contribution >= 0.6 is 0 Å². The van der Waals surface area contributed by atoms with Gasteiger partial charge in [0.2, 0.25) is 5.90 Å². The zero-order valence-corrected chi connectivity index (χ0v) is 17.4. The van der Waals surface area contributed by atoms with Crippen molar-refractivity contribution in [2.45, 2.75) is 32.4 Å². The molecule has 0 amide bonds. The molecule has 2 aliphatic heterocycles. The van der Waals surface area contributed by atoms with Crippen LogP contribution in [0.25, 0.3) is 11.1 Å². The van der Waals surface area contributed by atoms with Crippen molar-refractivity contribution in [2.24, 2.45) is 4.99 Å². The summed E-state index contributed by atoms with van der Waals surface area (Å²) in [6.45, 7) is 6.29. The van der Waals surface area contributed by atoms with Crippen molar-refractivity contribution in [1.29, 1.82) is 0 Å². The van der Waals surface area contributed by atoms with Crippen LogP contribution in [0.5, 0.6) is 0 Å². The fourth-order valence-corrected chi connectivity index (χ4v) is 4.40. The van der Waals surface area contributed by atoms with E-state index in [4.69, 9.17) is 9.73 Å². The Hall–Kier alpha value is -3.14. The molecule has 0 radical (unpaired) electrons. The third-order valence-corrected chi connectivity index (χ3v) is 5.78. The molecule has 0 saturated heterocycles. The van der Waals surface area contributed by atoms with Crippen molar-refractivity contribution in [3.05, 3.63) is 89.2 Å². The average Bonchev–Trinajstić information content (AvgIpc) is 3.31. The van der Waals surface area contributed by atoms with Crippen LogP contribution in [0, 0.1) is 5.82 Å². The summed E-state index contributed by atoms with van der Waals surface area (Å²) in [5, 5.41) is 0. The Bertz CT molecular complexity index is 1120. The molecule has 0 fully saturated rings. The number of fused-ring (bicyclic) bond motifs is 1. The second-order valence-corrected chi connectivity index (χ2v) is 8.65. The van der Waals surface area contributed by atoms with Crippen LogP contribution < -0.4 is 4.90 Å². The molecule has 0 spiro atoms. The standard InChI is InChI=1S/C26H25FN2O/c1-26(2)17-30-25(28-26)21-12-7-13-22(27)23(21)20-11-6-10-19-14-15-29(24(19)20)16-18-8-4-3-5-9-18/h3-13H,14-17H2,1-2H3. The van der Waals surface area contributed by atoms with E-state index in [0.717, 1.165) is 36.3 Å². The van der Waals surface area contributed by atoms with Crippen molar-refractivity contribution < 1.29 is 9.13 Å². The molecule has 0 unspecified atom stereocenters. The topological polar surface area (TPSA) is 24.8 Å². The number of halogens is 1. The number of para-hydroxylation sites is 1. The summed E-state index contributed by atoms with van der Waals surface area (Å²) < 4.78 is 21.2. The maximum absolute atomic E-state index is 15.3. The van der Waals surface area contributed by atoms with Gasteiger partial charge in [-0.2, -0.15) is 0 Å².